The second-order valence-corrected chi connectivity index (χ2v) is 26.7. The average Bonchev–Trinajstić information content (AvgIpc) is 3.30. The van der Waals surface area contributed by atoms with Crippen molar-refractivity contribution in [1.82, 2.24) is 0 Å². The number of ether oxygens (including phenoxy) is 2. The number of hydrogen-bond donors (Lipinski definition) is 1. The second-order valence-electron chi connectivity index (χ2n) is 16.8. The van der Waals surface area contributed by atoms with Gasteiger partial charge in [0.2, 0.25) is 0 Å². The van der Waals surface area contributed by atoms with E-state index in [2.05, 4.69) is 92.0 Å². The van der Waals surface area contributed by atoms with E-state index in [9.17, 15) is 9.90 Å². The first-order valence-corrected chi connectivity index (χ1v) is 24.4. The molecule has 2 aromatic carbocycles. The van der Waals surface area contributed by atoms with E-state index in [4.69, 9.17) is 29.9 Å². The largest absolute Gasteiger partial charge is 0.491 e. The minimum absolute atomic E-state index is 0.0244. The Morgan fingerprint density at radius 3 is 2.24 bits per heavy atom. The molecule has 0 amide bonds. The Morgan fingerprint density at radius 2 is 1.60 bits per heavy atom. The number of carbonyl (C=O) groups is 1. The molecule has 0 radical (unpaired) electrons. The van der Waals surface area contributed by atoms with Crippen LogP contribution in [0.5, 0.6) is 5.75 Å². The summed E-state index contributed by atoms with van der Waals surface area (Å²) in [5.41, 5.74) is 0.991. The lowest BCUT2D eigenvalue weighted by atomic mass is 9.92. The summed E-state index contributed by atoms with van der Waals surface area (Å²) in [7, 11) is -4.26. The van der Waals surface area contributed by atoms with Gasteiger partial charge in [-0.25, -0.2) is 0 Å². The van der Waals surface area contributed by atoms with Gasteiger partial charge in [0.05, 0.1) is 18.3 Å². The van der Waals surface area contributed by atoms with Gasteiger partial charge >= 0.3 is 5.97 Å². The smallest absolute Gasteiger partial charge is 0.306 e. The summed E-state index contributed by atoms with van der Waals surface area (Å²) in [4.78, 5) is 12.3. The van der Waals surface area contributed by atoms with E-state index >= 15 is 0 Å². The summed E-state index contributed by atoms with van der Waals surface area (Å²) in [6.45, 7) is 23.2. The molecule has 1 saturated carbocycles. The number of aliphatic hydroxyl groups excluding tert-OH is 1. The number of benzene rings is 2. The van der Waals surface area contributed by atoms with Crippen molar-refractivity contribution in [1.29, 1.82) is 0 Å². The maximum Gasteiger partial charge on any atom is 0.306 e. The summed E-state index contributed by atoms with van der Waals surface area (Å²) < 4.78 is 25.5. The average molecular weight is 744 g/mol. The molecule has 2 aromatic rings. The lowest BCUT2D eigenvalue weighted by Crippen LogP contribution is -2.45. The fraction of sp³-hybridized carbons (Fsp3) is 0.585. The highest BCUT2D eigenvalue weighted by molar-refractivity contribution is 6.74. The quantitative estimate of drug-likeness (QED) is 0.0753. The molecule has 1 aliphatic carbocycles. The number of rotatable bonds is 17. The van der Waals surface area contributed by atoms with Crippen molar-refractivity contribution in [2.45, 2.75) is 135 Å². The molecule has 278 valence electrons. The fourth-order valence-electron chi connectivity index (χ4n) is 5.51. The first-order chi connectivity index (χ1) is 23.3. The summed E-state index contributed by atoms with van der Waals surface area (Å²) >= 11 is 6.24. The van der Waals surface area contributed by atoms with Gasteiger partial charge in [-0.2, -0.15) is 0 Å². The number of esters is 1. The second kappa shape index (κ2) is 18.5. The lowest BCUT2D eigenvalue weighted by Gasteiger charge is -2.40. The van der Waals surface area contributed by atoms with Crippen LogP contribution in [0.2, 0.25) is 41.3 Å². The monoisotopic (exact) mass is 742 g/mol. The molecular weight excluding hydrogens is 680 g/mol. The molecule has 9 heteroatoms. The minimum Gasteiger partial charge on any atom is -0.491 e. The number of halogens is 1. The van der Waals surface area contributed by atoms with Crippen molar-refractivity contribution < 1.29 is 28.2 Å². The van der Waals surface area contributed by atoms with Crippen LogP contribution in [-0.4, -0.2) is 52.6 Å². The van der Waals surface area contributed by atoms with Crippen molar-refractivity contribution >= 4 is 34.2 Å². The number of unbranched alkanes of at least 4 members (excludes halogenated alkanes) is 2. The topological polar surface area (TPSA) is 74.2 Å². The first-order valence-electron chi connectivity index (χ1n) is 18.3. The predicted molar refractivity (Wildman–Crippen MR) is 212 cm³/mol. The van der Waals surface area contributed by atoms with E-state index in [0.717, 1.165) is 24.8 Å². The zero-order valence-electron chi connectivity index (χ0n) is 32.2. The zero-order valence-corrected chi connectivity index (χ0v) is 35.0. The van der Waals surface area contributed by atoms with Gasteiger partial charge < -0.3 is 23.4 Å². The molecule has 0 bridgehead atoms. The number of aliphatic hydroxyl groups is 1. The highest BCUT2D eigenvalue weighted by Gasteiger charge is 2.47. The molecule has 0 aliphatic heterocycles. The summed E-state index contributed by atoms with van der Waals surface area (Å²) in [6.07, 6.45) is 11.2. The third-order valence-corrected chi connectivity index (χ3v) is 19.9. The van der Waals surface area contributed by atoms with Crippen LogP contribution in [-0.2, 0) is 25.0 Å². The predicted octanol–water partition coefficient (Wildman–Crippen LogP) is 10.9. The van der Waals surface area contributed by atoms with Gasteiger partial charge in [0, 0.05) is 23.3 Å². The van der Waals surface area contributed by atoms with E-state index in [-0.39, 0.29) is 40.1 Å². The highest BCUT2D eigenvalue weighted by atomic mass is 35.5. The van der Waals surface area contributed by atoms with Crippen LogP contribution in [0.4, 0.5) is 0 Å². The van der Waals surface area contributed by atoms with Crippen molar-refractivity contribution in [2.75, 3.05) is 6.61 Å². The van der Waals surface area contributed by atoms with Crippen molar-refractivity contribution in [3.63, 3.8) is 0 Å². The molecule has 6 nitrogen and oxygen atoms in total. The molecule has 1 fully saturated rings. The summed E-state index contributed by atoms with van der Waals surface area (Å²) in [5.74, 6) is 0.406. The van der Waals surface area contributed by atoms with Crippen molar-refractivity contribution in [2.24, 2.45) is 11.8 Å². The Kier molecular flexibility index (Phi) is 15.6. The Bertz CT molecular complexity index is 1400. The van der Waals surface area contributed by atoms with Crippen LogP contribution < -0.4 is 4.74 Å². The molecule has 1 N–H and O–H groups in total. The van der Waals surface area contributed by atoms with Crippen LogP contribution in [0, 0.1) is 11.8 Å². The molecular formula is C41H63ClO6Si2. The van der Waals surface area contributed by atoms with Crippen LogP contribution in [0.25, 0.3) is 0 Å². The number of hydrogen-bond acceptors (Lipinski definition) is 6. The van der Waals surface area contributed by atoms with Gasteiger partial charge in [0.25, 0.3) is 0 Å². The molecule has 50 heavy (non-hydrogen) atoms. The standard InChI is InChI=1S/C41H63ClO6Si2/c1-40(2,3)49(7,8)47-34(30-45-33-22-18-21-32(42)27-33)25-26-36-35(37(43)28-38(36)48-50(9,10)41(4,5)6)23-16-11-12-17-24-39(44)46-29-31-19-14-13-15-20-31/h13-16,18-23,25-27,34-38,43H,11-12,17,24,28-30H2,1-10H3/b23-16-,26-25+/t34-,35-,36-,37+,38-/m1/s1. The van der Waals surface area contributed by atoms with Crippen molar-refractivity contribution in [3.8, 4) is 5.75 Å². The Balaban J connectivity index is 1.74. The van der Waals surface area contributed by atoms with Gasteiger partial charge in [-0.1, -0.05) is 114 Å². The number of carbonyl (C=O) groups excluding carboxylic acids is 1. The van der Waals surface area contributed by atoms with Crippen LogP contribution >= 0.6 is 11.6 Å². The zero-order chi connectivity index (χ0) is 37.2. The first kappa shape index (κ1) is 42.2. The third kappa shape index (κ3) is 13.1. The van der Waals surface area contributed by atoms with Crippen LogP contribution in [0.1, 0.15) is 79.2 Å². The lowest BCUT2D eigenvalue weighted by molar-refractivity contribution is -0.145. The maximum absolute atomic E-state index is 12.3. The molecule has 0 aromatic heterocycles. The minimum atomic E-state index is -2.15. The summed E-state index contributed by atoms with van der Waals surface area (Å²) in [5, 5.41) is 12.1. The normalized spacial score (nSPS) is 21.2. The van der Waals surface area contributed by atoms with Gasteiger partial charge in [-0.3, -0.25) is 4.79 Å². The molecule has 0 spiro atoms. The molecule has 0 unspecified atom stereocenters. The van der Waals surface area contributed by atoms with Gasteiger partial charge in [0.1, 0.15) is 19.0 Å². The molecule has 0 saturated heterocycles. The highest BCUT2D eigenvalue weighted by Crippen LogP contribution is 2.44. The Labute approximate surface area is 309 Å². The summed E-state index contributed by atoms with van der Waals surface area (Å²) in [6, 6.07) is 17.2. The molecule has 0 heterocycles. The third-order valence-electron chi connectivity index (χ3n) is 10.7. The van der Waals surface area contributed by atoms with Crippen LogP contribution in [0.3, 0.4) is 0 Å². The Morgan fingerprint density at radius 1 is 0.920 bits per heavy atom. The SMILES string of the molecule is CC(C)(C)[Si](C)(C)O[C@H](/C=C/[C@@H]1[C@@H](/C=C\CCCCC(=O)OCc2ccccc2)[C@@H](O)C[C@H]1O[Si](C)(C)C(C)(C)C)COc1cccc(Cl)c1. The van der Waals surface area contributed by atoms with Gasteiger partial charge in [-0.05, 0) is 85.7 Å². The fourth-order valence-corrected chi connectivity index (χ4v) is 8.31. The number of allylic oxidation sites excluding steroid dienone is 1. The van der Waals surface area contributed by atoms with Gasteiger partial charge in [0.15, 0.2) is 16.6 Å². The maximum atomic E-state index is 12.3. The van der Waals surface area contributed by atoms with Crippen molar-refractivity contribution in [3.05, 3.63) is 89.5 Å². The molecule has 3 rings (SSSR count). The van der Waals surface area contributed by atoms with E-state index in [1.165, 1.54) is 0 Å². The Hall–Kier alpha value is -2.21. The van der Waals surface area contributed by atoms with E-state index in [1.807, 2.05) is 54.6 Å². The molecule has 5 atom stereocenters. The van der Waals surface area contributed by atoms with E-state index in [1.54, 1.807) is 0 Å². The molecule has 1 aliphatic rings. The van der Waals surface area contributed by atoms with E-state index in [0.29, 0.717) is 36.8 Å². The van der Waals surface area contributed by atoms with E-state index < -0.39 is 22.7 Å². The van der Waals surface area contributed by atoms with Gasteiger partial charge in [-0.15, -0.1) is 0 Å². The van der Waals surface area contributed by atoms with Crippen LogP contribution in [0.15, 0.2) is 78.9 Å².